The number of aromatic nitrogens is 2. The molecular weight excluding hydrogens is 347 g/mol. The van der Waals surface area contributed by atoms with Crippen LogP contribution in [-0.4, -0.2) is 9.97 Å². The van der Waals surface area contributed by atoms with Gasteiger partial charge in [-0.05, 0) is 52.9 Å². The van der Waals surface area contributed by atoms with E-state index in [9.17, 15) is 0 Å². The zero-order valence-electron chi connectivity index (χ0n) is 9.97. The quantitative estimate of drug-likeness (QED) is 0.489. The molecule has 0 aliphatic heterocycles. The molecule has 0 spiro atoms. The highest BCUT2D eigenvalue weighted by molar-refractivity contribution is 14.1. The second-order valence-electron chi connectivity index (χ2n) is 4.12. The second-order valence-corrected chi connectivity index (χ2v) is 5.37. The molecule has 2 nitrogen and oxygen atoms in total. The maximum absolute atomic E-state index is 5.41. The molecule has 0 atom stereocenters. The zero-order chi connectivity index (χ0) is 13.2. The largest absolute Gasteiger partial charge is 0.236 e. The summed E-state index contributed by atoms with van der Waals surface area (Å²) in [4.78, 5) is 8.99. The molecule has 3 aromatic rings. The van der Waals surface area contributed by atoms with Gasteiger partial charge in [0.1, 0.15) is 0 Å². The smallest absolute Gasteiger partial charge is 0.159 e. The van der Waals surface area contributed by atoms with Crippen LogP contribution in [0.3, 0.4) is 0 Å². The zero-order valence-corrected chi connectivity index (χ0v) is 12.1. The van der Waals surface area contributed by atoms with Gasteiger partial charge in [-0.3, -0.25) is 0 Å². The number of hydrogen-bond acceptors (Lipinski definition) is 2. The Balaban J connectivity index is 2.15. The van der Waals surface area contributed by atoms with Crippen LogP contribution in [0.25, 0.3) is 22.3 Å². The van der Waals surface area contributed by atoms with Crippen LogP contribution in [0.2, 0.25) is 0 Å². The lowest BCUT2D eigenvalue weighted by Crippen LogP contribution is -1.90. The molecule has 3 rings (SSSR count). The SMILES string of the molecule is C#Cc1cccc(-c2ncc3cc(I)ccc3n2)c1. The standard InChI is InChI=1S/C16H9IN2/c1-2-11-4-3-5-12(8-11)16-18-10-13-9-14(17)6-7-15(13)19-16/h1,3-10H. The van der Waals surface area contributed by atoms with Gasteiger partial charge in [0.25, 0.3) is 0 Å². The van der Waals surface area contributed by atoms with E-state index < -0.39 is 0 Å². The van der Waals surface area contributed by atoms with Crippen LogP contribution in [0.4, 0.5) is 0 Å². The second kappa shape index (κ2) is 4.98. The van der Waals surface area contributed by atoms with E-state index in [-0.39, 0.29) is 0 Å². The summed E-state index contributed by atoms with van der Waals surface area (Å²) in [7, 11) is 0. The molecule has 0 saturated heterocycles. The van der Waals surface area contributed by atoms with Crippen molar-refractivity contribution in [1.82, 2.24) is 9.97 Å². The number of hydrogen-bond donors (Lipinski definition) is 0. The number of terminal acetylenes is 1. The van der Waals surface area contributed by atoms with E-state index in [2.05, 4.69) is 44.5 Å². The number of halogens is 1. The lowest BCUT2D eigenvalue weighted by molar-refractivity contribution is 1.22. The van der Waals surface area contributed by atoms with Gasteiger partial charge >= 0.3 is 0 Å². The predicted molar refractivity (Wildman–Crippen MR) is 85.6 cm³/mol. The average molecular weight is 356 g/mol. The topological polar surface area (TPSA) is 25.8 Å². The van der Waals surface area contributed by atoms with Crippen LogP contribution in [0.1, 0.15) is 5.56 Å². The first-order valence-corrected chi connectivity index (χ1v) is 6.83. The summed E-state index contributed by atoms with van der Waals surface area (Å²) in [5, 5.41) is 1.05. The minimum absolute atomic E-state index is 0.700. The highest BCUT2D eigenvalue weighted by atomic mass is 127. The first-order valence-electron chi connectivity index (χ1n) is 5.75. The first kappa shape index (κ1) is 12.1. The van der Waals surface area contributed by atoms with Crippen molar-refractivity contribution in [2.75, 3.05) is 0 Å². The van der Waals surface area contributed by atoms with Gasteiger partial charge in [0, 0.05) is 26.3 Å². The van der Waals surface area contributed by atoms with Crippen LogP contribution in [-0.2, 0) is 0 Å². The lowest BCUT2D eigenvalue weighted by atomic mass is 10.1. The Bertz CT molecular complexity index is 803. The Morgan fingerprint density at radius 2 is 2.00 bits per heavy atom. The highest BCUT2D eigenvalue weighted by Crippen LogP contribution is 2.20. The normalized spacial score (nSPS) is 10.3. The molecule has 0 aliphatic carbocycles. The molecule has 0 saturated carbocycles. The molecule has 1 heterocycles. The minimum atomic E-state index is 0.700. The first-order chi connectivity index (χ1) is 9.26. The molecule has 0 amide bonds. The van der Waals surface area contributed by atoms with Gasteiger partial charge in [-0.1, -0.05) is 18.1 Å². The molecule has 90 valence electrons. The fourth-order valence-corrected chi connectivity index (χ4v) is 2.41. The van der Waals surface area contributed by atoms with Crippen molar-refractivity contribution in [3.63, 3.8) is 0 Å². The summed E-state index contributed by atoms with van der Waals surface area (Å²) < 4.78 is 1.18. The van der Waals surface area contributed by atoms with E-state index in [1.807, 2.05) is 42.6 Å². The third-order valence-electron chi connectivity index (χ3n) is 2.83. The highest BCUT2D eigenvalue weighted by Gasteiger charge is 2.04. The molecule has 0 radical (unpaired) electrons. The van der Waals surface area contributed by atoms with Crippen molar-refractivity contribution in [3.8, 4) is 23.7 Å². The van der Waals surface area contributed by atoms with Gasteiger partial charge < -0.3 is 0 Å². The summed E-state index contributed by atoms with van der Waals surface area (Å²) in [5.41, 5.74) is 2.72. The Morgan fingerprint density at radius 1 is 1.11 bits per heavy atom. The van der Waals surface area contributed by atoms with E-state index in [1.165, 1.54) is 3.57 Å². The van der Waals surface area contributed by atoms with Gasteiger partial charge in [0.05, 0.1) is 5.52 Å². The van der Waals surface area contributed by atoms with Crippen LogP contribution in [0, 0.1) is 15.9 Å². The van der Waals surface area contributed by atoms with Crippen LogP contribution < -0.4 is 0 Å². The van der Waals surface area contributed by atoms with Gasteiger partial charge in [-0.15, -0.1) is 6.42 Å². The Morgan fingerprint density at radius 3 is 2.84 bits per heavy atom. The molecular formula is C16H9IN2. The number of rotatable bonds is 1. The molecule has 0 aliphatic rings. The molecule has 3 heteroatoms. The molecule has 0 N–H and O–H groups in total. The molecule has 2 aromatic carbocycles. The van der Waals surface area contributed by atoms with E-state index in [0.29, 0.717) is 5.82 Å². The van der Waals surface area contributed by atoms with Crippen molar-refractivity contribution in [1.29, 1.82) is 0 Å². The summed E-state index contributed by atoms with van der Waals surface area (Å²) in [6, 6.07) is 13.8. The average Bonchev–Trinajstić information content (AvgIpc) is 2.46. The Kier molecular flexibility index (Phi) is 3.18. The Hall–Kier alpha value is -1.93. The summed E-state index contributed by atoms with van der Waals surface area (Å²) in [5.74, 6) is 3.33. The fraction of sp³-hybridized carbons (Fsp3) is 0. The molecule has 0 unspecified atom stereocenters. The van der Waals surface area contributed by atoms with E-state index in [1.54, 1.807) is 0 Å². The van der Waals surface area contributed by atoms with Crippen molar-refractivity contribution in [2.24, 2.45) is 0 Å². The van der Waals surface area contributed by atoms with Crippen LogP contribution in [0.15, 0.2) is 48.7 Å². The Labute approximate surface area is 125 Å². The van der Waals surface area contributed by atoms with E-state index in [4.69, 9.17) is 6.42 Å². The number of nitrogens with zero attached hydrogens (tertiary/aromatic N) is 2. The van der Waals surface area contributed by atoms with Crippen molar-refractivity contribution in [3.05, 3.63) is 57.8 Å². The molecule has 1 aromatic heterocycles. The summed E-state index contributed by atoms with van der Waals surface area (Å²) in [6.45, 7) is 0. The molecule has 0 fully saturated rings. The maximum Gasteiger partial charge on any atom is 0.159 e. The van der Waals surface area contributed by atoms with Gasteiger partial charge in [-0.2, -0.15) is 0 Å². The predicted octanol–water partition coefficient (Wildman–Crippen LogP) is 3.88. The summed E-state index contributed by atoms with van der Waals surface area (Å²) >= 11 is 2.28. The van der Waals surface area contributed by atoms with Crippen LogP contribution >= 0.6 is 22.6 Å². The van der Waals surface area contributed by atoms with Crippen molar-refractivity contribution < 1.29 is 0 Å². The molecule has 0 bridgehead atoms. The maximum atomic E-state index is 5.41. The van der Waals surface area contributed by atoms with E-state index in [0.717, 1.165) is 22.0 Å². The van der Waals surface area contributed by atoms with Crippen molar-refractivity contribution in [2.45, 2.75) is 0 Å². The van der Waals surface area contributed by atoms with Gasteiger partial charge in [-0.25, -0.2) is 9.97 Å². The van der Waals surface area contributed by atoms with E-state index >= 15 is 0 Å². The van der Waals surface area contributed by atoms with Gasteiger partial charge in [0.15, 0.2) is 5.82 Å². The fourth-order valence-electron chi connectivity index (χ4n) is 1.89. The van der Waals surface area contributed by atoms with Gasteiger partial charge in [0.2, 0.25) is 0 Å². The molecule has 19 heavy (non-hydrogen) atoms. The van der Waals surface area contributed by atoms with Crippen LogP contribution in [0.5, 0.6) is 0 Å². The third-order valence-corrected chi connectivity index (χ3v) is 3.50. The van der Waals surface area contributed by atoms with Crippen molar-refractivity contribution >= 4 is 33.5 Å². The summed E-state index contributed by atoms with van der Waals surface area (Å²) in [6.07, 6.45) is 7.26. The lowest BCUT2D eigenvalue weighted by Gasteiger charge is -2.03. The third kappa shape index (κ3) is 2.45. The number of benzene rings is 2. The monoisotopic (exact) mass is 356 g/mol. The minimum Gasteiger partial charge on any atom is -0.236 e. The number of fused-ring (bicyclic) bond motifs is 1.